The molecule has 1 atom stereocenters. The molecule has 0 aromatic rings. The van der Waals surface area contributed by atoms with Crippen LogP contribution in [0.15, 0.2) is 0 Å². The number of nitrogens with zero attached hydrogens (tertiary/aromatic N) is 1. The van der Waals surface area contributed by atoms with Gasteiger partial charge < -0.3 is 4.74 Å². The van der Waals surface area contributed by atoms with E-state index < -0.39 is 14.8 Å². The first kappa shape index (κ1) is 13.8. The monoisotopic (exact) mass is 287 g/mol. The molecular weight excluding hydrogens is 262 g/mol. The fraction of sp³-hybridized carbons (Fsp3) is 1.00. The number of rotatable bonds is 3. The SMILES string of the molecule is CC(C)C1N(S(=O)(=O)C2(C)CC2)CC12CCOCC2. The summed E-state index contributed by atoms with van der Waals surface area (Å²) < 4.78 is 32.3. The van der Waals surface area contributed by atoms with E-state index in [1.54, 1.807) is 0 Å². The Labute approximate surface area is 116 Å². The molecule has 2 saturated heterocycles. The third-order valence-electron chi connectivity index (χ3n) is 5.41. The normalized spacial score (nSPS) is 33.4. The fourth-order valence-electron chi connectivity index (χ4n) is 3.92. The van der Waals surface area contributed by atoms with Crippen LogP contribution in [0.25, 0.3) is 0 Å². The Morgan fingerprint density at radius 2 is 1.74 bits per heavy atom. The van der Waals surface area contributed by atoms with Gasteiger partial charge in [-0.3, -0.25) is 0 Å². The third kappa shape index (κ3) is 1.88. The maximum atomic E-state index is 12.7. The highest BCUT2D eigenvalue weighted by Gasteiger charge is 2.63. The van der Waals surface area contributed by atoms with E-state index in [4.69, 9.17) is 4.74 Å². The van der Waals surface area contributed by atoms with Gasteiger partial charge >= 0.3 is 0 Å². The van der Waals surface area contributed by atoms with Gasteiger partial charge in [-0.05, 0) is 38.5 Å². The summed E-state index contributed by atoms with van der Waals surface area (Å²) in [6, 6.07) is 0.179. The molecule has 19 heavy (non-hydrogen) atoms. The van der Waals surface area contributed by atoms with Gasteiger partial charge in [0, 0.05) is 31.2 Å². The molecular formula is C14H25NO3S. The molecule has 0 aromatic heterocycles. The molecule has 1 saturated carbocycles. The Morgan fingerprint density at radius 1 is 1.16 bits per heavy atom. The molecule has 3 fully saturated rings. The first-order chi connectivity index (χ1) is 8.82. The second-order valence-corrected chi connectivity index (χ2v) is 9.57. The smallest absolute Gasteiger partial charge is 0.219 e. The second-order valence-electron chi connectivity index (χ2n) is 7.16. The first-order valence-electron chi connectivity index (χ1n) is 7.42. The van der Waals surface area contributed by atoms with E-state index >= 15 is 0 Å². The molecule has 3 rings (SSSR count). The van der Waals surface area contributed by atoms with Crippen LogP contribution in [-0.2, 0) is 14.8 Å². The van der Waals surface area contributed by atoms with Crippen molar-refractivity contribution in [2.75, 3.05) is 19.8 Å². The van der Waals surface area contributed by atoms with Crippen molar-refractivity contribution in [1.82, 2.24) is 4.31 Å². The van der Waals surface area contributed by atoms with E-state index in [9.17, 15) is 8.42 Å². The summed E-state index contributed by atoms with van der Waals surface area (Å²) in [6.45, 7) is 8.49. The molecule has 110 valence electrons. The van der Waals surface area contributed by atoms with Gasteiger partial charge in [0.25, 0.3) is 0 Å². The molecule has 1 spiro atoms. The number of ether oxygens (including phenoxy) is 1. The van der Waals surface area contributed by atoms with Crippen molar-refractivity contribution in [3.05, 3.63) is 0 Å². The van der Waals surface area contributed by atoms with Crippen LogP contribution in [0.5, 0.6) is 0 Å². The van der Waals surface area contributed by atoms with Crippen molar-refractivity contribution >= 4 is 10.0 Å². The average Bonchev–Trinajstić information content (AvgIpc) is 3.06. The summed E-state index contributed by atoms with van der Waals surface area (Å²) in [5.74, 6) is 0.379. The first-order valence-corrected chi connectivity index (χ1v) is 8.86. The minimum absolute atomic E-state index is 0.179. The predicted molar refractivity (Wildman–Crippen MR) is 74.4 cm³/mol. The van der Waals surface area contributed by atoms with Gasteiger partial charge in [0.1, 0.15) is 0 Å². The average molecular weight is 287 g/mol. The highest BCUT2D eigenvalue weighted by Crippen LogP contribution is 2.55. The molecule has 5 heteroatoms. The number of sulfonamides is 1. The highest BCUT2D eigenvalue weighted by molar-refractivity contribution is 7.90. The van der Waals surface area contributed by atoms with Gasteiger partial charge in [-0.25, -0.2) is 8.42 Å². The van der Waals surface area contributed by atoms with Gasteiger partial charge in [0.15, 0.2) is 0 Å². The Balaban J connectivity index is 1.85. The van der Waals surface area contributed by atoms with Gasteiger partial charge in [-0.15, -0.1) is 0 Å². The zero-order valence-electron chi connectivity index (χ0n) is 12.2. The van der Waals surface area contributed by atoms with Crippen LogP contribution in [0.4, 0.5) is 0 Å². The molecule has 1 unspecified atom stereocenters. The zero-order valence-corrected chi connectivity index (χ0v) is 13.0. The summed E-state index contributed by atoms with van der Waals surface area (Å²) in [5.41, 5.74) is 0.185. The Morgan fingerprint density at radius 3 is 2.21 bits per heavy atom. The zero-order chi connectivity index (χ0) is 13.9. The molecule has 0 N–H and O–H groups in total. The lowest BCUT2D eigenvalue weighted by Crippen LogP contribution is -2.70. The summed E-state index contributed by atoms with van der Waals surface area (Å²) in [4.78, 5) is 0. The second kappa shape index (κ2) is 4.18. The minimum Gasteiger partial charge on any atom is -0.381 e. The van der Waals surface area contributed by atoms with Crippen molar-refractivity contribution in [1.29, 1.82) is 0 Å². The van der Waals surface area contributed by atoms with Crippen LogP contribution < -0.4 is 0 Å². The van der Waals surface area contributed by atoms with Crippen LogP contribution in [0.3, 0.4) is 0 Å². The Bertz CT molecular complexity index is 461. The maximum absolute atomic E-state index is 12.7. The molecule has 1 aliphatic carbocycles. The highest BCUT2D eigenvalue weighted by atomic mass is 32.2. The molecule has 2 heterocycles. The van der Waals surface area contributed by atoms with E-state index in [0.29, 0.717) is 5.92 Å². The van der Waals surface area contributed by atoms with Crippen molar-refractivity contribution in [3.63, 3.8) is 0 Å². The third-order valence-corrected chi connectivity index (χ3v) is 8.04. The number of hydrogen-bond donors (Lipinski definition) is 0. The largest absolute Gasteiger partial charge is 0.381 e. The predicted octanol–water partition coefficient (Wildman–Crippen LogP) is 2.01. The molecule has 0 amide bonds. The van der Waals surface area contributed by atoms with Crippen molar-refractivity contribution in [3.8, 4) is 0 Å². The van der Waals surface area contributed by atoms with Crippen LogP contribution in [-0.4, -0.2) is 43.3 Å². The lowest BCUT2D eigenvalue weighted by atomic mass is 9.64. The maximum Gasteiger partial charge on any atom is 0.219 e. The van der Waals surface area contributed by atoms with Crippen LogP contribution in [0.1, 0.15) is 46.5 Å². The molecule has 0 bridgehead atoms. The van der Waals surface area contributed by atoms with Gasteiger partial charge in [-0.2, -0.15) is 4.31 Å². The number of hydrogen-bond acceptors (Lipinski definition) is 3. The van der Waals surface area contributed by atoms with Crippen molar-refractivity contribution < 1.29 is 13.2 Å². The van der Waals surface area contributed by atoms with Crippen LogP contribution in [0.2, 0.25) is 0 Å². The van der Waals surface area contributed by atoms with E-state index in [0.717, 1.165) is 45.4 Å². The van der Waals surface area contributed by atoms with Crippen LogP contribution in [0, 0.1) is 11.3 Å². The topological polar surface area (TPSA) is 46.6 Å². The quantitative estimate of drug-likeness (QED) is 0.797. The minimum atomic E-state index is -3.11. The molecule has 0 radical (unpaired) electrons. The van der Waals surface area contributed by atoms with Gasteiger partial charge in [0.2, 0.25) is 10.0 Å². The van der Waals surface area contributed by atoms with Crippen LogP contribution >= 0.6 is 0 Å². The van der Waals surface area contributed by atoms with Gasteiger partial charge in [-0.1, -0.05) is 13.8 Å². The summed E-state index contributed by atoms with van der Waals surface area (Å²) in [7, 11) is -3.11. The lowest BCUT2D eigenvalue weighted by molar-refractivity contribution is -0.109. The molecule has 0 aromatic carbocycles. The van der Waals surface area contributed by atoms with E-state index in [2.05, 4.69) is 13.8 Å². The molecule has 2 aliphatic heterocycles. The standard InChI is InChI=1S/C14H25NO3S/c1-11(2)12-14(6-8-18-9-7-14)10-15(12)19(16,17)13(3)4-5-13/h11-12H,4-10H2,1-3H3. The summed E-state index contributed by atoms with van der Waals surface area (Å²) in [6.07, 6.45) is 3.68. The summed E-state index contributed by atoms with van der Waals surface area (Å²) in [5, 5.41) is 0. The molecule has 3 aliphatic rings. The lowest BCUT2D eigenvalue weighted by Gasteiger charge is -2.60. The van der Waals surface area contributed by atoms with Gasteiger partial charge in [0.05, 0.1) is 4.75 Å². The summed E-state index contributed by atoms with van der Waals surface area (Å²) >= 11 is 0. The van der Waals surface area contributed by atoms with Crippen molar-refractivity contribution in [2.24, 2.45) is 11.3 Å². The Hall–Kier alpha value is -0.130. The van der Waals surface area contributed by atoms with E-state index in [1.165, 1.54) is 0 Å². The molecule has 4 nitrogen and oxygen atoms in total. The van der Waals surface area contributed by atoms with E-state index in [1.807, 2.05) is 11.2 Å². The van der Waals surface area contributed by atoms with E-state index in [-0.39, 0.29) is 11.5 Å². The van der Waals surface area contributed by atoms with Crippen molar-refractivity contribution in [2.45, 2.75) is 57.2 Å². The fourth-order valence-corrected chi connectivity index (χ4v) is 6.30. The Kier molecular flexibility index (Phi) is 3.05.